The molecule has 0 radical (unpaired) electrons. The number of carbonyl (C=O) groups is 2. The highest BCUT2D eigenvalue weighted by Gasteiger charge is 2.25. The Hall–Kier alpha value is -1.88. The van der Waals surface area contributed by atoms with E-state index in [0.29, 0.717) is 24.9 Å². The molecule has 0 aromatic heterocycles. The Morgan fingerprint density at radius 2 is 1.68 bits per heavy atom. The van der Waals surface area contributed by atoms with Crippen LogP contribution in [-0.2, 0) is 16.0 Å². The SMILES string of the molecule is C[C@@H]1CCCC[C@H]1NC(=O)CN1CCC(NC(=O)CCc2ccccc2)CC1. The fourth-order valence-corrected chi connectivity index (χ4v) is 4.42. The summed E-state index contributed by atoms with van der Waals surface area (Å²) in [5, 5.41) is 6.41. The molecule has 2 fully saturated rings. The number of likely N-dealkylation sites (tertiary alicyclic amines) is 1. The summed E-state index contributed by atoms with van der Waals surface area (Å²) < 4.78 is 0. The molecular weight excluding hydrogens is 350 g/mol. The standard InChI is InChI=1S/C23H35N3O2/c1-18-7-5-6-10-21(18)25-23(28)17-26-15-13-20(14-16-26)24-22(27)12-11-19-8-3-2-4-9-19/h2-4,8-9,18,20-21H,5-7,10-17H2,1H3,(H,24,27)(H,25,28)/t18-,21-/m1/s1. The summed E-state index contributed by atoms with van der Waals surface area (Å²) in [5.41, 5.74) is 1.20. The van der Waals surface area contributed by atoms with Crippen molar-refractivity contribution in [3.8, 4) is 0 Å². The second-order valence-electron chi connectivity index (χ2n) is 8.54. The highest BCUT2D eigenvalue weighted by molar-refractivity contribution is 5.78. The number of aryl methyl sites for hydroxylation is 1. The van der Waals surface area contributed by atoms with Gasteiger partial charge in [0.05, 0.1) is 6.54 Å². The van der Waals surface area contributed by atoms with Crippen LogP contribution in [0.2, 0.25) is 0 Å². The Morgan fingerprint density at radius 3 is 2.39 bits per heavy atom. The van der Waals surface area contributed by atoms with Crippen molar-refractivity contribution in [2.75, 3.05) is 19.6 Å². The summed E-state index contributed by atoms with van der Waals surface area (Å²) in [5.74, 6) is 0.880. The summed E-state index contributed by atoms with van der Waals surface area (Å²) in [6.07, 6.45) is 8.01. The minimum Gasteiger partial charge on any atom is -0.353 e. The van der Waals surface area contributed by atoms with Gasteiger partial charge in [-0.2, -0.15) is 0 Å². The zero-order valence-electron chi connectivity index (χ0n) is 17.2. The maximum Gasteiger partial charge on any atom is 0.234 e. The van der Waals surface area contributed by atoms with Gasteiger partial charge in [-0.1, -0.05) is 50.1 Å². The van der Waals surface area contributed by atoms with Crippen LogP contribution in [0.5, 0.6) is 0 Å². The molecule has 2 amide bonds. The van der Waals surface area contributed by atoms with E-state index in [9.17, 15) is 9.59 Å². The minimum atomic E-state index is 0.131. The van der Waals surface area contributed by atoms with E-state index in [-0.39, 0.29) is 17.9 Å². The van der Waals surface area contributed by atoms with Crippen LogP contribution >= 0.6 is 0 Å². The number of benzene rings is 1. The molecule has 1 aliphatic heterocycles. The summed E-state index contributed by atoms with van der Waals surface area (Å²) in [7, 11) is 0. The molecule has 1 saturated carbocycles. The number of nitrogens with zero attached hydrogens (tertiary/aromatic N) is 1. The minimum absolute atomic E-state index is 0.131. The topological polar surface area (TPSA) is 61.4 Å². The first kappa shape index (κ1) is 20.8. The number of hydrogen-bond acceptors (Lipinski definition) is 3. The van der Waals surface area contributed by atoms with Crippen molar-refractivity contribution in [3.05, 3.63) is 35.9 Å². The Kier molecular flexibility index (Phi) is 7.90. The van der Waals surface area contributed by atoms with E-state index in [2.05, 4.69) is 34.6 Å². The van der Waals surface area contributed by atoms with Crippen LogP contribution in [0.4, 0.5) is 0 Å². The third-order valence-corrected chi connectivity index (χ3v) is 6.26. The molecule has 2 N–H and O–H groups in total. The highest BCUT2D eigenvalue weighted by atomic mass is 16.2. The van der Waals surface area contributed by atoms with Crippen LogP contribution in [0, 0.1) is 5.92 Å². The predicted octanol–water partition coefficient (Wildman–Crippen LogP) is 2.89. The second-order valence-corrected chi connectivity index (χ2v) is 8.54. The van der Waals surface area contributed by atoms with Gasteiger partial charge >= 0.3 is 0 Å². The molecule has 0 unspecified atom stereocenters. The smallest absolute Gasteiger partial charge is 0.234 e. The van der Waals surface area contributed by atoms with Crippen molar-refractivity contribution < 1.29 is 9.59 Å². The van der Waals surface area contributed by atoms with Crippen LogP contribution in [0.15, 0.2) is 30.3 Å². The lowest BCUT2D eigenvalue weighted by molar-refractivity contribution is -0.125. The van der Waals surface area contributed by atoms with E-state index in [1.54, 1.807) is 0 Å². The van der Waals surface area contributed by atoms with Gasteiger partial charge in [0.2, 0.25) is 11.8 Å². The monoisotopic (exact) mass is 385 g/mol. The molecule has 28 heavy (non-hydrogen) atoms. The lowest BCUT2D eigenvalue weighted by atomic mass is 9.86. The van der Waals surface area contributed by atoms with Crippen molar-refractivity contribution in [2.24, 2.45) is 5.92 Å². The Bertz CT molecular complexity index is 626. The van der Waals surface area contributed by atoms with Gasteiger partial charge in [0.25, 0.3) is 0 Å². The molecule has 5 heteroatoms. The van der Waals surface area contributed by atoms with Crippen LogP contribution in [0.1, 0.15) is 57.4 Å². The van der Waals surface area contributed by atoms with Crippen molar-refractivity contribution in [1.82, 2.24) is 15.5 Å². The molecule has 1 aromatic rings. The van der Waals surface area contributed by atoms with Crippen molar-refractivity contribution in [2.45, 2.75) is 70.4 Å². The third kappa shape index (κ3) is 6.62. The molecule has 1 aliphatic carbocycles. The number of carbonyl (C=O) groups excluding carboxylic acids is 2. The zero-order chi connectivity index (χ0) is 19.8. The average molecular weight is 386 g/mol. The summed E-state index contributed by atoms with van der Waals surface area (Å²) >= 11 is 0. The maximum absolute atomic E-state index is 12.4. The Morgan fingerprint density at radius 1 is 0.964 bits per heavy atom. The molecule has 2 atom stereocenters. The first-order chi connectivity index (χ1) is 13.6. The van der Waals surface area contributed by atoms with Crippen molar-refractivity contribution >= 4 is 11.8 Å². The average Bonchev–Trinajstić information content (AvgIpc) is 2.70. The van der Waals surface area contributed by atoms with Gasteiger partial charge in [0.1, 0.15) is 0 Å². The predicted molar refractivity (Wildman–Crippen MR) is 112 cm³/mol. The maximum atomic E-state index is 12.4. The quantitative estimate of drug-likeness (QED) is 0.759. The first-order valence-electron chi connectivity index (χ1n) is 10.9. The van der Waals surface area contributed by atoms with Gasteiger partial charge in [0, 0.05) is 31.6 Å². The van der Waals surface area contributed by atoms with Gasteiger partial charge in [-0.05, 0) is 43.6 Å². The molecule has 154 valence electrons. The van der Waals surface area contributed by atoms with E-state index in [1.165, 1.54) is 24.8 Å². The van der Waals surface area contributed by atoms with Crippen LogP contribution in [0.25, 0.3) is 0 Å². The molecule has 0 bridgehead atoms. The Balaban J connectivity index is 1.31. The molecule has 0 spiro atoms. The number of rotatable bonds is 7. The van der Waals surface area contributed by atoms with Crippen LogP contribution < -0.4 is 10.6 Å². The van der Waals surface area contributed by atoms with E-state index in [0.717, 1.165) is 38.8 Å². The van der Waals surface area contributed by atoms with Gasteiger partial charge in [-0.3, -0.25) is 14.5 Å². The first-order valence-corrected chi connectivity index (χ1v) is 10.9. The van der Waals surface area contributed by atoms with E-state index in [1.807, 2.05) is 18.2 Å². The van der Waals surface area contributed by atoms with Gasteiger partial charge in [-0.15, -0.1) is 0 Å². The molecule has 1 aromatic carbocycles. The molecule has 3 rings (SSSR count). The second kappa shape index (κ2) is 10.6. The van der Waals surface area contributed by atoms with Gasteiger partial charge in [-0.25, -0.2) is 0 Å². The number of piperidine rings is 1. The van der Waals surface area contributed by atoms with Crippen molar-refractivity contribution in [1.29, 1.82) is 0 Å². The van der Waals surface area contributed by atoms with Crippen molar-refractivity contribution in [3.63, 3.8) is 0 Å². The molecule has 1 heterocycles. The Labute approximate surface area is 169 Å². The molecule has 5 nitrogen and oxygen atoms in total. The third-order valence-electron chi connectivity index (χ3n) is 6.26. The van der Waals surface area contributed by atoms with E-state index >= 15 is 0 Å². The largest absolute Gasteiger partial charge is 0.353 e. The normalized spacial score (nSPS) is 23.9. The number of hydrogen-bond donors (Lipinski definition) is 2. The molecule has 1 saturated heterocycles. The zero-order valence-corrected chi connectivity index (χ0v) is 17.2. The van der Waals surface area contributed by atoms with Crippen LogP contribution in [-0.4, -0.2) is 48.4 Å². The van der Waals surface area contributed by atoms with E-state index in [4.69, 9.17) is 0 Å². The summed E-state index contributed by atoms with van der Waals surface area (Å²) in [4.78, 5) is 26.8. The van der Waals surface area contributed by atoms with Gasteiger partial charge < -0.3 is 10.6 Å². The lowest BCUT2D eigenvalue weighted by Crippen LogP contribution is -2.49. The fourth-order valence-electron chi connectivity index (χ4n) is 4.42. The molecular formula is C23H35N3O2. The number of amides is 2. The van der Waals surface area contributed by atoms with E-state index < -0.39 is 0 Å². The number of nitrogens with one attached hydrogen (secondary N) is 2. The summed E-state index contributed by atoms with van der Waals surface area (Å²) in [6.45, 7) is 4.47. The lowest BCUT2D eigenvalue weighted by Gasteiger charge is -2.33. The van der Waals surface area contributed by atoms with Crippen LogP contribution in [0.3, 0.4) is 0 Å². The fraction of sp³-hybridized carbons (Fsp3) is 0.652. The van der Waals surface area contributed by atoms with Gasteiger partial charge in [0.15, 0.2) is 0 Å². The molecule has 2 aliphatic rings. The summed E-state index contributed by atoms with van der Waals surface area (Å²) in [6, 6.07) is 10.7. The highest BCUT2D eigenvalue weighted by Crippen LogP contribution is 2.23.